The lowest BCUT2D eigenvalue weighted by Crippen LogP contribution is -2.14. The number of hydrogen-bond donors (Lipinski definition) is 2. The fourth-order valence-corrected chi connectivity index (χ4v) is 1.78. The number of nitrogens with one attached hydrogen (secondary N) is 1. The first kappa shape index (κ1) is 14.8. The second-order valence-corrected chi connectivity index (χ2v) is 4.59. The number of benzene rings is 1. The van der Waals surface area contributed by atoms with E-state index in [2.05, 4.69) is 15.3 Å². The number of carbonyl (C=O) groups excluding carboxylic acids is 1. The van der Waals surface area contributed by atoms with Crippen LogP contribution in [0.4, 0.5) is 5.69 Å². The van der Waals surface area contributed by atoms with Crippen LogP contribution in [-0.2, 0) is 4.79 Å². The van der Waals surface area contributed by atoms with E-state index in [1.54, 1.807) is 18.6 Å². The fraction of sp³-hybridized carbons (Fsp3) is 0.267. The number of nitrogens with zero attached hydrogens (tertiary/aromatic N) is 2. The average molecular weight is 286 g/mol. The number of nitrogens with two attached hydrogens (primary N) is 1. The van der Waals surface area contributed by atoms with Crippen molar-refractivity contribution in [3.05, 3.63) is 48.5 Å². The van der Waals surface area contributed by atoms with Gasteiger partial charge in [0.05, 0.1) is 31.0 Å². The smallest absolute Gasteiger partial charge is 0.220 e. The molecule has 1 amide bonds. The van der Waals surface area contributed by atoms with E-state index in [4.69, 9.17) is 10.5 Å². The van der Waals surface area contributed by atoms with E-state index >= 15 is 0 Å². The monoisotopic (exact) mass is 286 g/mol. The van der Waals surface area contributed by atoms with Crippen molar-refractivity contribution >= 4 is 11.6 Å². The SMILES string of the molecule is CC(Nc1ccc(OCCC(N)=O)cc1)c1cnccn1. The van der Waals surface area contributed by atoms with Gasteiger partial charge in [-0.05, 0) is 31.2 Å². The molecule has 0 aliphatic heterocycles. The Balaban J connectivity index is 1.89. The maximum Gasteiger partial charge on any atom is 0.220 e. The molecule has 0 radical (unpaired) electrons. The molecule has 2 rings (SSSR count). The standard InChI is InChI=1S/C15H18N4O2/c1-11(14-10-17-7-8-18-14)19-12-2-4-13(5-3-12)21-9-6-15(16)20/h2-5,7-8,10-11,19H,6,9H2,1H3,(H2,16,20). The Morgan fingerprint density at radius 2 is 2.10 bits per heavy atom. The molecule has 0 fully saturated rings. The van der Waals surface area contributed by atoms with Crippen LogP contribution in [0.3, 0.4) is 0 Å². The molecule has 0 spiro atoms. The molecule has 110 valence electrons. The summed E-state index contributed by atoms with van der Waals surface area (Å²) >= 11 is 0. The Kier molecular flexibility index (Phi) is 5.09. The Labute approximate surface area is 123 Å². The molecule has 0 aliphatic rings. The average Bonchev–Trinajstić information content (AvgIpc) is 2.49. The second kappa shape index (κ2) is 7.23. The van der Waals surface area contributed by atoms with E-state index in [-0.39, 0.29) is 25.0 Å². The summed E-state index contributed by atoms with van der Waals surface area (Å²) in [4.78, 5) is 18.9. The van der Waals surface area contributed by atoms with Gasteiger partial charge in [0.15, 0.2) is 0 Å². The highest BCUT2D eigenvalue weighted by Crippen LogP contribution is 2.20. The van der Waals surface area contributed by atoms with E-state index in [9.17, 15) is 4.79 Å². The highest BCUT2D eigenvalue weighted by Gasteiger charge is 2.06. The van der Waals surface area contributed by atoms with Gasteiger partial charge in [0.25, 0.3) is 0 Å². The Hall–Kier alpha value is -2.63. The Bertz CT molecular complexity index is 572. The molecule has 1 atom stereocenters. The molecule has 3 N–H and O–H groups in total. The van der Waals surface area contributed by atoms with Crippen LogP contribution in [0.2, 0.25) is 0 Å². The lowest BCUT2D eigenvalue weighted by atomic mass is 10.2. The number of hydrogen-bond acceptors (Lipinski definition) is 5. The molecule has 1 heterocycles. The number of rotatable bonds is 7. The van der Waals surface area contributed by atoms with Crippen molar-refractivity contribution in [2.45, 2.75) is 19.4 Å². The van der Waals surface area contributed by atoms with Gasteiger partial charge >= 0.3 is 0 Å². The number of carbonyl (C=O) groups is 1. The lowest BCUT2D eigenvalue weighted by Gasteiger charge is -2.14. The van der Waals surface area contributed by atoms with E-state index in [0.717, 1.165) is 11.4 Å². The van der Waals surface area contributed by atoms with Crippen molar-refractivity contribution in [2.75, 3.05) is 11.9 Å². The van der Waals surface area contributed by atoms with Crippen LogP contribution in [0.15, 0.2) is 42.9 Å². The molecular weight excluding hydrogens is 268 g/mol. The largest absolute Gasteiger partial charge is 0.493 e. The van der Waals surface area contributed by atoms with Crippen LogP contribution in [-0.4, -0.2) is 22.5 Å². The van der Waals surface area contributed by atoms with Gasteiger partial charge in [-0.15, -0.1) is 0 Å². The third kappa shape index (κ3) is 4.76. The zero-order chi connectivity index (χ0) is 15.1. The minimum Gasteiger partial charge on any atom is -0.493 e. The highest BCUT2D eigenvalue weighted by atomic mass is 16.5. The normalized spacial score (nSPS) is 11.7. The Morgan fingerprint density at radius 1 is 1.33 bits per heavy atom. The van der Waals surface area contributed by atoms with E-state index < -0.39 is 0 Å². The summed E-state index contributed by atoms with van der Waals surface area (Å²) in [6.07, 6.45) is 5.26. The molecule has 1 aromatic carbocycles. The van der Waals surface area contributed by atoms with Gasteiger partial charge in [0.1, 0.15) is 5.75 Å². The van der Waals surface area contributed by atoms with Crippen molar-refractivity contribution in [3.8, 4) is 5.75 Å². The summed E-state index contributed by atoms with van der Waals surface area (Å²) in [5.74, 6) is 0.333. The van der Waals surface area contributed by atoms with E-state index in [1.807, 2.05) is 31.2 Å². The summed E-state index contributed by atoms with van der Waals surface area (Å²) in [5, 5.41) is 3.33. The summed E-state index contributed by atoms with van der Waals surface area (Å²) in [5.41, 5.74) is 6.88. The van der Waals surface area contributed by atoms with Crippen LogP contribution in [0.1, 0.15) is 25.1 Å². The lowest BCUT2D eigenvalue weighted by molar-refractivity contribution is -0.118. The van der Waals surface area contributed by atoms with Gasteiger partial charge in [-0.1, -0.05) is 0 Å². The predicted molar refractivity (Wildman–Crippen MR) is 79.8 cm³/mol. The summed E-state index contributed by atoms with van der Waals surface area (Å²) in [7, 11) is 0. The second-order valence-electron chi connectivity index (χ2n) is 4.59. The zero-order valence-corrected chi connectivity index (χ0v) is 11.8. The van der Waals surface area contributed by atoms with Crippen molar-refractivity contribution < 1.29 is 9.53 Å². The van der Waals surface area contributed by atoms with Crippen LogP contribution >= 0.6 is 0 Å². The molecule has 0 saturated carbocycles. The number of anilines is 1. The first-order valence-electron chi connectivity index (χ1n) is 6.69. The van der Waals surface area contributed by atoms with Crippen molar-refractivity contribution in [1.82, 2.24) is 9.97 Å². The molecule has 6 nitrogen and oxygen atoms in total. The summed E-state index contributed by atoms with van der Waals surface area (Å²) in [6, 6.07) is 7.55. The van der Waals surface area contributed by atoms with Gasteiger partial charge < -0.3 is 15.8 Å². The third-order valence-electron chi connectivity index (χ3n) is 2.88. The maximum atomic E-state index is 10.6. The first-order chi connectivity index (χ1) is 10.1. The van der Waals surface area contributed by atoms with Gasteiger partial charge in [-0.3, -0.25) is 14.8 Å². The number of amides is 1. The van der Waals surface area contributed by atoms with Crippen LogP contribution in [0.25, 0.3) is 0 Å². The van der Waals surface area contributed by atoms with E-state index in [0.29, 0.717) is 5.75 Å². The molecule has 21 heavy (non-hydrogen) atoms. The molecule has 1 unspecified atom stereocenters. The molecule has 0 bridgehead atoms. The Morgan fingerprint density at radius 3 is 2.71 bits per heavy atom. The van der Waals surface area contributed by atoms with E-state index in [1.165, 1.54) is 0 Å². The van der Waals surface area contributed by atoms with Gasteiger partial charge in [0, 0.05) is 18.1 Å². The molecule has 0 saturated heterocycles. The molecule has 0 aliphatic carbocycles. The zero-order valence-electron chi connectivity index (χ0n) is 11.8. The fourth-order valence-electron chi connectivity index (χ4n) is 1.78. The number of ether oxygens (including phenoxy) is 1. The van der Waals surface area contributed by atoms with Gasteiger partial charge in [0.2, 0.25) is 5.91 Å². The van der Waals surface area contributed by atoms with Crippen LogP contribution in [0.5, 0.6) is 5.75 Å². The minimum absolute atomic E-state index is 0.0559. The van der Waals surface area contributed by atoms with Crippen LogP contribution < -0.4 is 15.8 Å². The van der Waals surface area contributed by atoms with Crippen molar-refractivity contribution in [3.63, 3.8) is 0 Å². The summed E-state index contributed by atoms with van der Waals surface area (Å²) in [6.45, 7) is 2.30. The highest BCUT2D eigenvalue weighted by molar-refractivity contribution is 5.73. The predicted octanol–water partition coefficient (Wildman–Crippen LogP) is 1.90. The summed E-state index contributed by atoms with van der Waals surface area (Å²) < 4.78 is 5.41. The molecule has 1 aromatic heterocycles. The van der Waals surface area contributed by atoms with Crippen LogP contribution in [0, 0.1) is 0 Å². The quantitative estimate of drug-likeness (QED) is 0.811. The van der Waals surface area contributed by atoms with Crippen molar-refractivity contribution in [1.29, 1.82) is 0 Å². The van der Waals surface area contributed by atoms with Gasteiger partial charge in [-0.25, -0.2) is 0 Å². The third-order valence-corrected chi connectivity index (χ3v) is 2.88. The first-order valence-corrected chi connectivity index (χ1v) is 6.69. The molecule has 6 heteroatoms. The minimum atomic E-state index is -0.369. The van der Waals surface area contributed by atoms with Gasteiger partial charge in [-0.2, -0.15) is 0 Å². The molecule has 2 aromatic rings. The maximum absolute atomic E-state index is 10.6. The van der Waals surface area contributed by atoms with Crippen molar-refractivity contribution in [2.24, 2.45) is 5.73 Å². The molecular formula is C15H18N4O2. The number of aromatic nitrogens is 2. The topological polar surface area (TPSA) is 90.1 Å². The number of primary amides is 1.